The van der Waals surface area contributed by atoms with Crippen LogP contribution >= 0.6 is 0 Å². The average Bonchev–Trinajstić information content (AvgIpc) is 3.17. The van der Waals surface area contributed by atoms with Gasteiger partial charge in [0.05, 0.1) is 18.2 Å². The zero-order chi connectivity index (χ0) is 26.7. The van der Waals surface area contributed by atoms with Crippen LogP contribution in [0, 0.1) is 13.8 Å². The number of nitrogens with zero attached hydrogens (tertiary/aromatic N) is 2. The van der Waals surface area contributed by atoms with E-state index in [1.807, 2.05) is 63.2 Å². The van der Waals surface area contributed by atoms with Crippen molar-refractivity contribution in [3.05, 3.63) is 94.6 Å². The number of aliphatic hydroxyl groups excluding tert-OH is 1. The van der Waals surface area contributed by atoms with E-state index in [4.69, 9.17) is 4.74 Å². The monoisotopic (exact) mass is 498 g/mol. The minimum absolute atomic E-state index is 0.0747. The van der Waals surface area contributed by atoms with Gasteiger partial charge in [0.25, 0.3) is 11.7 Å². The predicted octanol–water partition coefficient (Wildman–Crippen LogP) is 6.17. The fraction of sp³-hybridized carbons (Fsp3) is 0.290. The molecule has 1 N–H and O–H groups in total. The van der Waals surface area contributed by atoms with Gasteiger partial charge in [0, 0.05) is 30.0 Å². The van der Waals surface area contributed by atoms with Crippen molar-refractivity contribution in [2.24, 2.45) is 0 Å². The Hall–Kier alpha value is -4.06. The normalized spacial score (nSPS) is 16.8. The first-order valence-corrected chi connectivity index (χ1v) is 12.8. The summed E-state index contributed by atoms with van der Waals surface area (Å²) in [6, 6.07) is 19.7. The van der Waals surface area contributed by atoms with Gasteiger partial charge in [-0.1, -0.05) is 24.3 Å². The molecule has 0 spiro atoms. The standard InChI is InChI=1S/C31H34N2O4/c1-6-32(7-2)24-16-12-22(13-17-24)28-27(29(34)23-14-18-25(19-15-23)37-8-3)30(35)31(36)33(28)26-11-9-10-20(4)21(26)5/h9-19,28,34H,6-8H2,1-5H3/b29-27+. The van der Waals surface area contributed by atoms with E-state index in [0.29, 0.717) is 23.6 Å². The molecule has 1 heterocycles. The number of hydrogen-bond acceptors (Lipinski definition) is 5. The highest BCUT2D eigenvalue weighted by atomic mass is 16.5. The molecule has 6 nitrogen and oxygen atoms in total. The third kappa shape index (κ3) is 4.84. The van der Waals surface area contributed by atoms with Crippen LogP contribution in [0.5, 0.6) is 5.75 Å². The minimum Gasteiger partial charge on any atom is -0.507 e. The van der Waals surface area contributed by atoms with Crippen molar-refractivity contribution in [1.29, 1.82) is 0 Å². The van der Waals surface area contributed by atoms with Crippen LogP contribution in [-0.2, 0) is 9.59 Å². The summed E-state index contributed by atoms with van der Waals surface area (Å²) < 4.78 is 5.51. The molecule has 37 heavy (non-hydrogen) atoms. The summed E-state index contributed by atoms with van der Waals surface area (Å²) in [5.74, 6) is -0.894. The zero-order valence-electron chi connectivity index (χ0n) is 22.1. The molecule has 1 aliphatic heterocycles. The number of carbonyl (C=O) groups is 2. The van der Waals surface area contributed by atoms with Gasteiger partial charge in [-0.3, -0.25) is 14.5 Å². The molecule has 1 fully saturated rings. The Kier molecular flexibility index (Phi) is 7.67. The molecule has 0 bridgehead atoms. The number of hydrogen-bond donors (Lipinski definition) is 1. The van der Waals surface area contributed by atoms with Crippen LogP contribution in [0.1, 0.15) is 49.1 Å². The van der Waals surface area contributed by atoms with Gasteiger partial charge in [-0.2, -0.15) is 0 Å². The van der Waals surface area contributed by atoms with Gasteiger partial charge >= 0.3 is 0 Å². The molecule has 1 saturated heterocycles. The van der Waals surface area contributed by atoms with Crippen LogP contribution in [0.2, 0.25) is 0 Å². The Labute approximate surface area is 218 Å². The van der Waals surface area contributed by atoms with Gasteiger partial charge < -0.3 is 14.7 Å². The third-order valence-corrected chi connectivity index (χ3v) is 7.06. The molecule has 192 valence electrons. The Balaban J connectivity index is 1.89. The van der Waals surface area contributed by atoms with Crippen molar-refractivity contribution >= 4 is 28.8 Å². The largest absolute Gasteiger partial charge is 0.507 e. The van der Waals surface area contributed by atoms with E-state index in [1.54, 1.807) is 24.3 Å². The fourth-order valence-corrected chi connectivity index (χ4v) is 4.88. The number of amides is 1. The molecule has 3 aromatic rings. The average molecular weight is 499 g/mol. The van der Waals surface area contributed by atoms with Gasteiger partial charge in [-0.05, 0) is 93.8 Å². The summed E-state index contributed by atoms with van der Waals surface area (Å²) >= 11 is 0. The lowest BCUT2D eigenvalue weighted by Crippen LogP contribution is -2.30. The lowest BCUT2D eigenvalue weighted by atomic mass is 9.94. The molecule has 1 unspecified atom stereocenters. The first kappa shape index (κ1) is 26.0. The van der Waals surface area contributed by atoms with E-state index < -0.39 is 17.7 Å². The minimum atomic E-state index is -0.766. The van der Waals surface area contributed by atoms with E-state index in [0.717, 1.165) is 35.5 Å². The second kappa shape index (κ2) is 10.9. The number of aryl methyl sites for hydroxylation is 1. The van der Waals surface area contributed by atoms with Crippen molar-refractivity contribution in [2.45, 2.75) is 40.7 Å². The maximum atomic E-state index is 13.5. The Morgan fingerprint density at radius 2 is 1.57 bits per heavy atom. The maximum Gasteiger partial charge on any atom is 0.300 e. The zero-order valence-corrected chi connectivity index (χ0v) is 22.1. The molecule has 0 aliphatic carbocycles. The third-order valence-electron chi connectivity index (χ3n) is 7.06. The smallest absolute Gasteiger partial charge is 0.300 e. The van der Waals surface area contributed by atoms with E-state index in [-0.39, 0.29) is 11.3 Å². The second-order valence-electron chi connectivity index (χ2n) is 9.11. The molecule has 0 aromatic heterocycles. The lowest BCUT2D eigenvalue weighted by Gasteiger charge is -2.28. The van der Waals surface area contributed by atoms with Crippen LogP contribution < -0.4 is 14.5 Å². The number of ketones is 1. The van der Waals surface area contributed by atoms with Crippen molar-refractivity contribution in [1.82, 2.24) is 0 Å². The molecule has 4 rings (SSSR count). The summed E-state index contributed by atoms with van der Waals surface area (Å²) in [6.07, 6.45) is 0. The van der Waals surface area contributed by atoms with Gasteiger partial charge in [0.2, 0.25) is 0 Å². The molecule has 1 aliphatic rings. The number of aliphatic hydroxyl groups is 1. The fourth-order valence-electron chi connectivity index (χ4n) is 4.88. The number of benzene rings is 3. The number of anilines is 2. The molecule has 3 aromatic carbocycles. The molecule has 0 radical (unpaired) electrons. The topological polar surface area (TPSA) is 70.1 Å². The van der Waals surface area contributed by atoms with Crippen molar-refractivity contribution in [3.8, 4) is 5.75 Å². The predicted molar refractivity (Wildman–Crippen MR) is 148 cm³/mol. The van der Waals surface area contributed by atoms with Crippen LogP contribution in [0.15, 0.2) is 72.3 Å². The van der Waals surface area contributed by atoms with Crippen LogP contribution in [0.4, 0.5) is 11.4 Å². The Morgan fingerprint density at radius 1 is 0.919 bits per heavy atom. The molecule has 1 amide bonds. The molecular weight excluding hydrogens is 464 g/mol. The molecule has 1 atom stereocenters. The van der Waals surface area contributed by atoms with Crippen molar-refractivity contribution < 1.29 is 19.4 Å². The molecule has 6 heteroatoms. The van der Waals surface area contributed by atoms with Crippen LogP contribution in [0.25, 0.3) is 5.76 Å². The molecule has 0 saturated carbocycles. The first-order chi connectivity index (χ1) is 17.8. The van der Waals surface area contributed by atoms with Crippen LogP contribution in [-0.4, -0.2) is 36.5 Å². The number of rotatable bonds is 8. The summed E-state index contributed by atoms with van der Waals surface area (Å²) in [5, 5.41) is 11.4. The van der Waals surface area contributed by atoms with E-state index in [1.165, 1.54) is 4.90 Å². The van der Waals surface area contributed by atoms with Crippen molar-refractivity contribution in [2.75, 3.05) is 29.5 Å². The Bertz CT molecular complexity index is 1320. The van der Waals surface area contributed by atoms with Gasteiger partial charge in [0.15, 0.2) is 0 Å². The highest BCUT2D eigenvalue weighted by Crippen LogP contribution is 2.43. The van der Waals surface area contributed by atoms with E-state index in [2.05, 4.69) is 18.7 Å². The highest BCUT2D eigenvalue weighted by molar-refractivity contribution is 6.51. The van der Waals surface area contributed by atoms with Gasteiger partial charge in [-0.25, -0.2) is 0 Å². The second-order valence-corrected chi connectivity index (χ2v) is 9.11. The van der Waals surface area contributed by atoms with Crippen LogP contribution in [0.3, 0.4) is 0 Å². The number of Topliss-reactive ketones (excluding diaryl/α,β-unsaturated/α-hetero) is 1. The summed E-state index contributed by atoms with van der Waals surface area (Å²) in [4.78, 5) is 30.7. The van der Waals surface area contributed by atoms with E-state index in [9.17, 15) is 14.7 Å². The maximum absolute atomic E-state index is 13.5. The Morgan fingerprint density at radius 3 is 2.16 bits per heavy atom. The van der Waals surface area contributed by atoms with E-state index >= 15 is 0 Å². The van der Waals surface area contributed by atoms with Gasteiger partial charge in [-0.15, -0.1) is 0 Å². The quantitative estimate of drug-likeness (QED) is 0.228. The SMILES string of the molecule is CCOc1ccc(/C(O)=C2\C(=O)C(=O)N(c3cccc(C)c3C)C2c2ccc(N(CC)CC)cc2)cc1. The first-order valence-electron chi connectivity index (χ1n) is 12.8. The summed E-state index contributed by atoms with van der Waals surface area (Å²) in [6.45, 7) is 12.3. The summed E-state index contributed by atoms with van der Waals surface area (Å²) in [7, 11) is 0. The lowest BCUT2D eigenvalue weighted by molar-refractivity contribution is -0.132. The highest BCUT2D eigenvalue weighted by Gasteiger charge is 2.47. The number of ether oxygens (including phenoxy) is 1. The number of carbonyl (C=O) groups excluding carboxylic acids is 2. The van der Waals surface area contributed by atoms with Gasteiger partial charge in [0.1, 0.15) is 11.5 Å². The summed E-state index contributed by atoms with van der Waals surface area (Å²) in [5.41, 5.74) is 4.92. The molecular formula is C31H34N2O4. The van der Waals surface area contributed by atoms with Crippen molar-refractivity contribution in [3.63, 3.8) is 0 Å².